The summed E-state index contributed by atoms with van der Waals surface area (Å²) in [5, 5.41) is 3.42. The van der Waals surface area contributed by atoms with Gasteiger partial charge in [0, 0.05) is 18.0 Å². The summed E-state index contributed by atoms with van der Waals surface area (Å²) in [6, 6.07) is 3.91. The van der Waals surface area contributed by atoms with E-state index in [9.17, 15) is 0 Å². The quantitative estimate of drug-likeness (QED) is 0.847. The number of rotatable bonds is 6. The first kappa shape index (κ1) is 16.3. The third kappa shape index (κ3) is 4.18. The number of thiophene rings is 1. The van der Waals surface area contributed by atoms with Crippen molar-refractivity contribution in [2.75, 3.05) is 23.3 Å². The van der Waals surface area contributed by atoms with Crippen molar-refractivity contribution in [1.82, 2.24) is 15.0 Å². The Morgan fingerprint density at radius 1 is 1.19 bits per heavy atom. The second-order valence-corrected chi connectivity index (χ2v) is 6.49. The topological polar surface area (TPSA) is 53.9 Å². The highest BCUT2D eigenvalue weighted by Crippen LogP contribution is 2.28. The molecule has 21 heavy (non-hydrogen) atoms. The number of hydrogen-bond donors (Lipinski definition) is 1. The number of aromatic nitrogens is 3. The van der Waals surface area contributed by atoms with Gasteiger partial charge in [-0.15, -0.1) is 11.3 Å². The van der Waals surface area contributed by atoms with Crippen LogP contribution in [0.3, 0.4) is 0 Å². The molecule has 5 nitrogen and oxygen atoms in total. The van der Waals surface area contributed by atoms with Gasteiger partial charge in [-0.3, -0.25) is 0 Å². The Labute approximate surface area is 138 Å². The van der Waals surface area contributed by atoms with Crippen LogP contribution in [0.25, 0.3) is 0 Å². The standard InChI is InChI=1S/C13H17Cl2N5S/c1-4-20(5-2)13-18-11(15)17-12(19-13)16-8(3)9-6-7-10(14)21-9/h6-8H,4-5H2,1-3H3,(H,16,17,18,19). The van der Waals surface area contributed by atoms with Crippen LogP contribution in [0, 0.1) is 0 Å². The molecule has 0 radical (unpaired) electrons. The average Bonchev–Trinajstić information content (AvgIpc) is 2.86. The van der Waals surface area contributed by atoms with E-state index in [1.807, 2.05) is 37.8 Å². The Hall–Kier alpha value is -1.11. The molecule has 0 fully saturated rings. The number of anilines is 2. The number of halogens is 2. The van der Waals surface area contributed by atoms with Gasteiger partial charge < -0.3 is 10.2 Å². The lowest BCUT2D eigenvalue weighted by atomic mass is 10.3. The number of hydrogen-bond acceptors (Lipinski definition) is 6. The Kier molecular flexibility index (Phi) is 5.61. The highest BCUT2D eigenvalue weighted by molar-refractivity contribution is 7.16. The van der Waals surface area contributed by atoms with Gasteiger partial charge in [0.2, 0.25) is 17.2 Å². The molecular weight excluding hydrogens is 329 g/mol. The Morgan fingerprint density at radius 3 is 2.48 bits per heavy atom. The van der Waals surface area contributed by atoms with Gasteiger partial charge in [0.25, 0.3) is 0 Å². The third-order valence-corrected chi connectivity index (χ3v) is 4.59. The number of nitrogens with one attached hydrogen (secondary N) is 1. The van der Waals surface area contributed by atoms with Crippen molar-refractivity contribution in [3.63, 3.8) is 0 Å². The molecule has 0 saturated heterocycles. The first-order valence-corrected chi connectivity index (χ1v) is 8.29. The summed E-state index contributed by atoms with van der Waals surface area (Å²) in [6.07, 6.45) is 0. The first-order valence-electron chi connectivity index (χ1n) is 6.71. The predicted octanol–water partition coefficient (Wildman–Crippen LogP) is 4.26. The molecule has 114 valence electrons. The second-order valence-electron chi connectivity index (χ2n) is 4.41. The summed E-state index contributed by atoms with van der Waals surface area (Å²) < 4.78 is 0.760. The van der Waals surface area contributed by atoms with Gasteiger partial charge in [-0.05, 0) is 44.5 Å². The Morgan fingerprint density at radius 2 is 1.90 bits per heavy atom. The van der Waals surface area contributed by atoms with Crippen molar-refractivity contribution in [2.24, 2.45) is 0 Å². The molecule has 0 aliphatic rings. The molecule has 0 aliphatic heterocycles. The summed E-state index contributed by atoms with van der Waals surface area (Å²) in [7, 11) is 0. The van der Waals surface area contributed by atoms with E-state index in [1.54, 1.807) is 0 Å². The van der Waals surface area contributed by atoms with Crippen molar-refractivity contribution >= 4 is 46.4 Å². The molecule has 0 amide bonds. The zero-order valence-corrected chi connectivity index (χ0v) is 14.4. The van der Waals surface area contributed by atoms with Gasteiger partial charge in [0.05, 0.1) is 10.4 Å². The van der Waals surface area contributed by atoms with Crippen LogP contribution >= 0.6 is 34.5 Å². The summed E-state index contributed by atoms with van der Waals surface area (Å²) >= 11 is 13.5. The lowest BCUT2D eigenvalue weighted by molar-refractivity contribution is 0.802. The van der Waals surface area contributed by atoms with E-state index in [1.165, 1.54) is 11.3 Å². The molecule has 0 saturated carbocycles. The highest BCUT2D eigenvalue weighted by Gasteiger charge is 2.13. The smallest absolute Gasteiger partial charge is 0.231 e. The van der Waals surface area contributed by atoms with Crippen LogP contribution in [0.5, 0.6) is 0 Å². The monoisotopic (exact) mass is 345 g/mol. The summed E-state index contributed by atoms with van der Waals surface area (Å²) in [5.74, 6) is 1.05. The maximum Gasteiger partial charge on any atom is 0.231 e. The van der Waals surface area contributed by atoms with E-state index in [0.717, 1.165) is 22.3 Å². The maximum absolute atomic E-state index is 5.99. The van der Waals surface area contributed by atoms with E-state index in [2.05, 4.69) is 20.3 Å². The van der Waals surface area contributed by atoms with Crippen LogP contribution < -0.4 is 10.2 Å². The molecule has 1 atom stereocenters. The van der Waals surface area contributed by atoms with Crippen LogP contribution in [0.15, 0.2) is 12.1 Å². The van der Waals surface area contributed by atoms with Crippen LogP contribution in [-0.2, 0) is 0 Å². The Balaban J connectivity index is 2.19. The van der Waals surface area contributed by atoms with Crippen LogP contribution in [0.4, 0.5) is 11.9 Å². The Bertz CT molecular complexity index is 600. The SMILES string of the molecule is CCN(CC)c1nc(Cl)nc(NC(C)c2ccc(Cl)s2)n1. The largest absolute Gasteiger partial charge is 0.347 e. The minimum absolute atomic E-state index is 0.0468. The highest BCUT2D eigenvalue weighted by atomic mass is 35.5. The maximum atomic E-state index is 5.99. The lowest BCUT2D eigenvalue weighted by Crippen LogP contribution is -2.25. The molecule has 0 aliphatic carbocycles. The van der Waals surface area contributed by atoms with Gasteiger partial charge >= 0.3 is 0 Å². The zero-order valence-electron chi connectivity index (χ0n) is 12.1. The minimum atomic E-state index is 0.0468. The summed E-state index contributed by atoms with van der Waals surface area (Å²) in [4.78, 5) is 15.9. The fraction of sp³-hybridized carbons (Fsp3) is 0.462. The van der Waals surface area contributed by atoms with Crippen molar-refractivity contribution in [2.45, 2.75) is 26.8 Å². The molecule has 1 unspecified atom stereocenters. The van der Waals surface area contributed by atoms with E-state index in [0.29, 0.717) is 11.9 Å². The van der Waals surface area contributed by atoms with Gasteiger partial charge in [-0.1, -0.05) is 11.6 Å². The summed E-state index contributed by atoms with van der Waals surface area (Å²) in [5.41, 5.74) is 0. The van der Waals surface area contributed by atoms with Crippen molar-refractivity contribution in [3.05, 3.63) is 26.6 Å². The van der Waals surface area contributed by atoms with Gasteiger partial charge in [-0.25, -0.2) is 0 Å². The van der Waals surface area contributed by atoms with E-state index >= 15 is 0 Å². The van der Waals surface area contributed by atoms with Crippen molar-refractivity contribution in [3.8, 4) is 0 Å². The molecule has 1 N–H and O–H groups in total. The summed E-state index contributed by atoms with van der Waals surface area (Å²) in [6.45, 7) is 7.74. The fourth-order valence-corrected chi connectivity index (χ4v) is 3.10. The van der Waals surface area contributed by atoms with Gasteiger partial charge in [0.1, 0.15) is 0 Å². The zero-order chi connectivity index (χ0) is 15.4. The van der Waals surface area contributed by atoms with Gasteiger partial charge in [0.15, 0.2) is 0 Å². The van der Waals surface area contributed by atoms with Crippen LogP contribution in [0.1, 0.15) is 31.7 Å². The lowest BCUT2D eigenvalue weighted by Gasteiger charge is -2.19. The molecule has 0 spiro atoms. The van der Waals surface area contributed by atoms with E-state index in [4.69, 9.17) is 23.2 Å². The van der Waals surface area contributed by atoms with Crippen molar-refractivity contribution < 1.29 is 0 Å². The average molecular weight is 346 g/mol. The predicted molar refractivity (Wildman–Crippen MR) is 89.8 cm³/mol. The molecule has 0 bridgehead atoms. The fourth-order valence-electron chi connectivity index (χ4n) is 1.88. The molecule has 2 aromatic heterocycles. The van der Waals surface area contributed by atoms with Gasteiger partial charge in [-0.2, -0.15) is 15.0 Å². The minimum Gasteiger partial charge on any atom is -0.347 e. The number of nitrogens with zero attached hydrogens (tertiary/aromatic N) is 4. The van der Waals surface area contributed by atoms with E-state index in [-0.39, 0.29) is 11.3 Å². The van der Waals surface area contributed by atoms with Crippen LogP contribution in [-0.4, -0.2) is 28.0 Å². The molecular formula is C13H17Cl2N5S. The second kappa shape index (κ2) is 7.24. The molecule has 2 aromatic rings. The molecule has 2 rings (SSSR count). The van der Waals surface area contributed by atoms with Crippen molar-refractivity contribution in [1.29, 1.82) is 0 Å². The van der Waals surface area contributed by atoms with Crippen LogP contribution in [0.2, 0.25) is 9.62 Å². The third-order valence-electron chi connectivity index (χ3n) is 3.01. The molecule has 2 heterocycles. The molecule has 0 aromatic carbocycles. The first-order chi connectivity index (χ1) is 10.0. The molecule has 8 heteroatoms. The normalized spacial score (nSPS) is 12.2. The van der Waals surface area contributed by atoms with E-state index < -0.39 is 0 Å².